The number of rotatable bonds is 5. The molecule has 3 rings (SSSR count). The SMILES string of the molecule is O=C(COc1ccc(Cl)cc1)N1CC[C@H](Oc2ncc(Br)cn2)C1. The molecule has 2 heterocycles. The molecule has 0 radical (unpaired) electrons. The molecule has 1 amide bonds. The number of aromatic nitrogens is 2. The third kappa shape index (κ3) is 4.58. The third-order valence-electron chi connectivity index (χ3n) is 3.54. The number of likely N-dealkylation sites (tertiary alicyclic amines) is 1. The van der Waals surface area contributed by atoms with Crippen molar-refractivity contribution in [1.82, 2.24) is 14.9 Å². The van der Waals surface area contributed by atoms with Crippen LogP contribution in [-0.2, 0) is 4.79 Å². The van der Waals surface area contributed by atoms with Gasteiger partial charge >= 0.3 is 6.01 Å². The van der Waals surface area contributed by atoms with E-state index in [4.69, 9.17) is 21.1 Å². The minimum absolute atomic E-state index is 0.0108. The molecule has 1 aliphatic rings. The van der Waals surface area contributed by atoms with E-state index in [0.717, 1.165) is 10.9 Å². The normalized spacial score (nSPS) is 16.9. The molecule has 0 aliphatic carbocycles. The van der Waals surface area contributed by atoms with Crippen molar-refractivity contribution in [3.63, 3.8) is 0 Å². The van der Waals surface area contributed by atoms with Crippen LogP contribution in [0, 0.1) is 0 Å². The van der Waals surface area contributed by atoms with Gasteiger partial charge in [0.2, 0.25) is 0 Å². The lowest BCUT2D eigenvalue weighted by Gasteiger charge is -2.17. The summed E-state index contributed by atoms with van der Waals surface area (Å²) in [5, 5.41) is 0.628. The first-order chi connectivity index (χ1) is 11.6. The van der Waals surface area contributed by atoms with Gasteiger partial charge in [-0.15, -0.1) is 0 Å². The first kappa shape index (κ1) is 17.0. The van der Waals surface area contributed by atoms with E-state index in [0.29, 0.717) is 29.9 Å². The van der Waals surface area contributed by atoms with Crippen LogP contribution in [0.2, 0.25) is 5.02 Å². The van der Waals surface area contributed by atoms with Crippen LogP contribution >= 0.6 is 27.5 Å². The molecule has 0 saturated carbocycles. The fourth-order valence-electron chi connectivity index (χ4n) is 2.33. The summed E-state index contributed by atoms with van der Waals surface area (Å²) >= 11 is 9.08. The van der Waals surface area contributed by atoms with Crippen molar-refractivity contribution in [3.8, 4) is 11.8 Å². The second kappa shape index (κ2) is 7.81. The number of hydrogen-bond acceptors (Lipinski definition) is 5. The molecule has 0 N–H and O–H groups in total. The third-order valence-corrected chi connectivity index (χ3v) is 4.20. The lowest BCUT2D eigenvalue weighted by molar-refractivity contribution is -0.132. The van der Waals surface area contributed by atoms with Crippen LogP contribution in [0.3, 0.4) is 0 Å². The van der Waals surface area contributed by atoms with Gasteiger partial charge in [0.05, 0.1) is 11.0 Å². The predicted molar refractivity (Wildman–Crippen MR) is 92.3 cm³/mol. The maximum Gasteiger partial charge on any atom is 0.316 e. The number of ether oxygens (including phenoxy) is 2. The smallest absolute Gasteiger partial charge is 0.316 e. The van der Waals surface area contributed by atoms with Gasteiger partial charge in [0.1, 0.15) is 11.9 Å². The molecule has 1 aliphatic heterocycles. The molecule has 8 heteroatoms. The highest BCUT2D eigenvalue weighted by molar-refractivity contribution is 9.10. The van der Waals surface area contributed by atoms with E-state index >= 15 is 0 Å². The van der Waals surface area contributed by atoms with Gasteiger partial charge in [0, 0.05) is 30.4 Å². The van der Waals surface area contributed by atoms with Crippen LogP contribution in [0.15, 0.2) is 41.1 Å². The van der Waals surface area contributed by atoms with Crippen LogP contribution in [-0.4, -0.2) is 46.6 Å². The Morgan fingerprint density at radius 2 is 2.00 bits per heavy atom. The fraction of sp³-hybridized carbons (Fsp3) is 0.312. The Bertz CT molecular complexity index is 697. The Hall–Kier alpha value is -1.86. The molecule has 2 aromatic rings. The second-order valence-electron chi connectivity index (χ2n) is 5.29. The molecule has 0 bridgehead atoms. The zero-order valence-corrected chi connectivity index (χ0v) is 15.0. The predicted octanol–water partition coefficient (Wildman–Crippen LogP) is 2.95. The van der Waals surface area contributed by atoms with E-state index < -0.39 is 0 Å². The van der Waals surface area contributed by atoms with Crippen LogP contribution in [0.25, 0.3) is 0 Å². The summed E-state index contributed by atoms with van der Waals surface area (Å²) in [7, 11) is 0. The average molecular weight is 413 g/mol. The molecule has 0 spiro atoms. The van der Waals surface area contributed by atoms with Crippen molar-refractivity contribution in [3.05, 3.63) is 46.2 Å². The van der Waals surface area contributed by atoms with E-state index in [2.05, 4.69) is 25.9 Å². The van der Waals surface area contributed by atoms with Crippen molar-refractivity contribution >= 4 is 33.4 Å². The standard InChI is InChI=1S/C16H15BrClN3O3/c17-11-7-19-16(20-8-11)24-14-5-6-21(9-14)15(22)10-23-13-3-1-12(18)2-4-13/h1-4,7-8,14H,5-6,9-10H2/t14-/m0/s1. The average Bonchev–Trinajstić information content (AvgIpc) is 3.05. The van der Waals surface area contributed by atoms with Gasteiger partial charge in [-0.25, -0.2) is 9.97 Å². The fourth-order valence-corrected chi connectivity index (χ4v) is 2.66. The molecule has 1 fully saturated rings. The summed E-state index contributed by atoms with van der Waals surface area (Å²) in [4.78, 5) is 22.1. The van der Waals surface area contributed by atoms with Gasteiger partial charge < -0.3 is 14.4 Å². The van der Waals surface area contributed by atoms with E-state index in [1.165, 1.54) is 0 Å². The molecule has 24 heavy (non-hydrogen) atoms. The molecule has 6 nitrogen and oxygen atoms in total. The first-order valence-electron chi connectivity index (χ1n) is 7.40. The minimum Gasteiger partial charge on any atom is -0.484 e. The van der Waals surface area contributed by atoms with Crippen LogP contribution in [0.1, 0.15) is 6.42 Å². The van der Waals surface area contributed by atoms with E-state index in [-0.39, 0.29) is 18.6 Å². The monoisotopic (exact) mass is 411 g/mol. The van der Waals surface area contributed by atoms with Gasteiger partial charge in [-0.1, -0.05) is 11.6 Å². The van der Waals surface area contributed by atoms with Crippen molar-refractivity contribution < 1.29 is 14.3 Å². The quantitative estimate of drug-likeness (QED) is 0.755. The summed E-state index contributed by atoms with van der Waals surface area (Å²) in [6.45, 7) is 1.12. The van der Waals surface area contributed by atoms with Crippen molar-refractivity contribution in [2.45, 2.75) is 12.5 Å². The van der Waals surface area contributed by atoms with Gasteiger partial charge in [0.15, 0.2) is 6.61 Å². The highest BCUT2D eigenvalue weighted by Crippen LogP contribution is 2.18. The highest BCUT2D eigenvalue weighted by atomic mass is 79.9. The number of amides is 1. The Balaban J connectivity index is 1.46. The van der Waals surface area contributed by atoms with Crippen LogP contribution in [0.4, 0.5) is 0 Å². The molecule has 1 aromatic heterocycles. The Morgan fingerprint density at radius 1 is 1.29 bits per heavy atom. The van der Waals surface area contributed by atoms with E-state index in [9.17, 15) is 4.79 Å². The van der Waals surface area contributed by atoms with Crippen molar-refractivity contribution in [1.29, 1.82) is 0 Å². The van der Waals surface area contributed by atoms with Gasteiger partial charge in [-0.05, 0) is 40.2 Å². The number of benzene rings is 1. The maximum absolute atomic E-state index is 12.2. The topological polar surface area (TPSA) is 64.5 Å². The number of hydrogen-bond donors (Lipinski definition) is 0. The highest BCUT2D eigenvalue weighted by Gasteiger charge is 2.28. The molecule has 1 atom stereocenters. The summed E-state index contributed by atoms with van der Waals surface area (Å²) in [6.07, 6.45) is 3.89. The Labute approximate surface area is 152 Å². The maximum atomic E-state index is 12.2. The van der Waals surface area contributed by atoms with Crippen molar-refractivity contribution in [2.24, 2.45) is 0 Å². The van der Waals surface area contributed by atoms with Gasteiger partial charge in [-0.2, -0.15) is 0 Å². The van der Waals surface area contributed by atoms with Gasteiger partial charge in [-0.3, -0.25) is 4.79 Å². The molecule has 1 aromatic carbocycles. The van der Waals surface area contributed by atoms with E-state index in [1.54, 1.807) is 41.6 Å². The molecule has 0 unspecified atom stereocenters. The zero-order chi connectivity index (χ0) is 16.9. The number of nitrogens with zero attached hydrogens (tertiary/aromatic N) is 3. The molecular weight excluding hydrogens is 398 g/mol. The first-order valence-corrected chi connectivity index (χ1v) is 8.57. The summed E-state index contributed by atoms with van der Waals surface area (Å²) in [5.41, 5.74) is 0. The van der Waals surface area contributed by atoms with Gasteiger partial charge in [0.25, 0.3) is 5.91 Å². The summed E-state index contributed by atoms with van der Waals surface area (Å²) in [6, 6.07) is 7.22. The number of carbonyl (C=O) groups excluding carboxylic acids is 1. The Morgan fingerprint density at radius 3 is 2.71 bits per heavy atom. The number of halogens is 2. The number of carbonyl (C=O) groups is 1. The van der Waals surface area contributed by atoms with Crippen molar-refractivity contribution in [2.75, 3.05) is 19.7 Å². The zero-order valence-electron chi connectivity index (χ0n) is 12.7. The lowest BCUT2D eigenvalue weighted by atomic mass is 10.3. The molecule has 1 saturated heterocycles. The summed E-state index contributed by atoms with van der Waals surface area (Å²) < 4.78 is 12.0. The van der Waals surface area contributed by atoms with Crippen LogP contribution < -0.4 is 9.47 Å². The summed E-state index contributed by atoms with van der Waals surface area (Å²) in [5.74, 6) is 0.538. The Kier molecular flexibility index (Phi) is 5.52. The van der Waals surface area contributed by atoms with E-state index in [1.807, 2.05) is 0 Å². The minimum atomic E-state index is -0.106. The lowest BCUT2D eigenvalue weighted by Crippen LogP contribution is -2.34. The van der Waals surface area contributed by atoms with Crippen LogP contribution in [0.5, 0.6) is 11.8 Å². The molecular formula is C16H15BrClN3O3. The molecule has 126 valence electrons. The second-order valence-corrected chi connectivity index (χ2v) is 6.65. The largest absolute Gasteiger partial charge is 0.484 e.